The van der Waals surface area contributed by atoms with Gasteiger partial charge in [-0.25, -0.2) is 4.98 Å². The number of nitrogens with zero attached hydrogens (tertiary/aromatic N) is 2. The molecular formula is C15H16N2O2. The van der Waals surface area contributed by atoms with E-state index < -0.39 is 5.97 Å². The summed E-state index contributed by atoms with van der Waals surface area (Å²) in [5.74, 6) is 0.0305. The van der Waals surface area contributed by atoms with E-state index in [0.29, 0.717) is 6.54 Å². The molecule has 0 radical (unpaired) electrons. The van der Waals surface area contributed by atoms with Gasteiger partial charge in [-0.05, 0) is 17.4 Å². The van der Waals surface area contributed by atoms with Crippen LogP contribution in [0.1, 0.15) is 6.92 Å². The second kappa shape index (κ2) is 4.53. The molecule has 0 spiro atoms. The highest BCUT2D eigenvalue weighted by Crippen LogP contribution is 2.31. The summed E-state index contributed by atoms with van der Waals surface area (Å²) in [4.78, 5) is 17.7. The molecule has 1 N–H and O–H groups in total. The number of hydrogen-bond donors (Lipinski definition) is 1. The number of carbonyl (C=O) groups is 1. The van der Waals surface area contributed by atoms with Crippen LogP contribution in [0.5, 0.6) is 0 Å². The van der Waals surface area contributed by atoms with Crippen molar-refractivity contribution in [1.29, 1.82) is 0 Å². The summed E-state index contributed by atoms with van der Waals surface area (Å²) in [6.45, 7) is 3.28. The van der Waals surface area contributed by atoms with Crippen LogP contribution in [-0.4, -0.2) is 29.1 Å². The lowest BCUT2D eigenvalue weighted by Gasteiger charge is -2.18. The van der Waals surface area contributed by atoms with Crippen molar-refractivity contribution in [3.8, 4) is 0 Å². The zero-order valence-electron chi connectivity index (χ0n) is 10.8. The minimum absolute atomic E-state index is 0.151. The van der Waals surface area contributed by atoms with Gasteiger partial charge in [0.2, 0.25) is 0 Å². The number of aromatic nitrogens is 1. The molecule has 1 aromatic heterocycles. The quantitative estimate of drug-likeness (QED) is 0.896. The number of hydrogen-bond acceptors (Lipinski definition) is 3. The third-order valence-electron chi connectivity index (χ3n) is 3.88. The summed E-state index contributed by atoms with van der Waals surface area (Å²) in [5, 5.41) is 11.4. The van der Waals surface area contributed by atoms with E-state index >= 15 is 0 Å². The van der Waals surface area contributed by atoms with Crippen molar-refractivity contribution < 1.29 is 9.90 Å². The van der Waals surface area contributed by atoms with E-state index in [4.69, 9.17) is 0 Å². The second-order valence-electron chi connectivity index (χ2n) is 5.18. The number of carboxylic acids is 1. The van der Waals surface area contributed by atoms with E-state index in [1.54, 1.807) is 6.20 Å². The summed E-state index contributed by atoms with van der Waals surface area (Å²) in [6.07, 6.45) is 1.79. The lowest BCUT2D eigenvalue weighted by atomic mass is 9.99. The summed E-state index contributed by atoms with van der Waals surface area (Å²) in [7, 11) is 0. The average molecular weight is 256 g/mol. The van der Waals surface area contributed by atoms with E-state index in [9.17, 15) is 9.90 Å². The highest BCUT2D eigenvalue weighted by Gasteiger charge is 2.35. The lowest BCUT2D eigenvalue weighted by molar-refractivity contribution is -0.142. The topological polar surface area (TPSA) is 53.4 Å². The SMILES string of the molecule is CC1CN(c2nccc3ccccc23)CC1C(=O)O. The molecule has 2 heterocycles. The van der Waals surface area contributed by atoms with Gasteiger partial charge in [-0.15, -0.1) is 0 Å². The van der Waals surface area contributed by atoms with Gasteiger partial charge in [0.05, 0.1) is 5.92 Å². The molecule has 4 nitrogen and oxygen atoms in total. The van der Waals surface area contributed by atoms with Gasteiger partial charge in [-0.3, -0.25) is 4.79 Å². The molecular weight excluding hydrogens is 240 g/mol. The zero-order chi connectivity index (χ0) is 13.4. The first-order valence-electron chi connectivity index (χ1n) is 6.48. The standard InChI is InChI=1S/C15H16N2O2/c1-10-8-17(9-13(10)15(18)19)14-12-5-3-2-4-11(12)6-7-16-14/h2-7,10,13H,8-9H2,1H3,(H,18,19). The molecule has 1 saturated heterocycles. The number of pyridine rings is 1. The van der Waals surface area contributed by atoms with Crippen molar-refractivity contribution in [3.05, 3.63) is 36.5 Å². The van der Waals surface area contributed by atoms with Gasteiger partial charge in [-0.2, -0.15) is 0 Å². The molecule has 1 aromatic carbocycles. The first-order chi connectivity index (χ1) is 9.16. The molecule has 2 atom stereocenters. The number of benzene rings is 1. The maximum Gasteiger partial charge on any atom is 0.308 e. The van der Waals surface area contributed by atoms with E-state index in [0.717, 1.165) is 23.1 Å². The maximum absolute atomic E-state index is 11.2. The van der Waals surface area contributed by atoms with Crippen LogP contribution in [0.25, 0.3) is 10.8 Å². The van der Waals surface area contributed by atoms with Crippen LogP contribution in [-0.2, 0) is 4.79 Å². The smallest absolute Gasteiger partial charge is 0.308 e. The van der Waals surface area contributed by atoms with Crippen LogP contribution >= 0.6 is 0 Å². The minimum Gasteiger partial charge on any atom is -0.481 e. The molecule has 0 saturated carbocycles. The Balaban J connectivity index is 2.00. The first kappa shape index (κ1) is 12.0. The Labute approximate surface area is 111 Å². The molecule has 0 aliphatic carbocycles. The summed E-state index contributed by atoms with van der Waals surface area (Å²) < 4.78 is 0. The number of anilines is 1. The van der Waals surface area contributed by atoms with Crippen molar-refractivity contribution in [1.82, 2.24) is 4.98 Å². The number of aliphatic carboxylic acids is 1. The summed E-state index contributed by atoms with van der Waals surface area (Å²) >= 11 is 0. The van der Waals surface area contributed by atoms with Gasteiger partial charge in [-0.1, -0.05) is 31.2 Å². The minimum atomic E-state index is -0.713. The molecule has 3 rings (SSSR count). The largest absolute Gasteiger partial charge is 0.481 e. The predicted octanol–water partition coefficient (Wildman–Crippen LogP) is 2.39. The van der Waals surface area contributed by atoms with E-state index in [1.807, 2.05) is 31.2 Å². The van der Waals surface area contributed by atoms with Crippen LogP contribution in [0, 0.1) is 11.8 Å². The molecule has 1 aliphatic rings. The first-order valence-corrected chi connectivity index (χ1v) is 6.48. The highest BCUT2D eigenvalue weighted by atomic mass is 16.4. The van der Waals surface area contributed by atoms with Crippen molar-refractivity contribution in [3.63, 3.8) is 0 Å². The van der Waals surface area contributed by atoms with E-state index in [-0.39, 0.29) is 11.8 Å². The Morgan fingerprint density at radius 2 is 2.11 bits per heavy atom. The van der Waals surface area contributed by atoms with Crippen molar-refractivity contribution in [2.75, 3.05) is 18.0 Å². The van der Waals surface area contributed by atoms with E-state index in [2.05, 4.69) is 16.0 Å². The zero-order valence-corrected chi connectivity index (χ0v) is 10.8. The van der Waals surface area contributed by atoms with Gasteiger partial charge in [0.25, 0.3) is 0 Å². The van der Waals surface area contributed by atoms with Crippen LogP contribution in [0.3, 0.4) is 0 Å². The molecule has 2 unspecified atom stereocenters. The van der Waals surface area contributed by atoms with Crippen molar-refractivity contribution in [2.45, 2.75) is 6.92 Å². The van der Waals surface area contributed by atoms with Gasteiger partial charge < -0.3 is 10.0 Å². The normalized spacial score (nSPS) is 22.9. The van der Waals surface area contributed by atoms with Gasteiger partial charge in [0, 0.05) is 24.7 Å². The second-order valence-corrected chi connectivity index (χ2v) is 5.18. The van der Waals surface area contributed by atoms with Crippen molar-refractivity contribution >= 4 is 22.6 Å². The molecule has 19 heavy (non-hydrogen) atoms. The van der Waals surface area contributed by atoms with Crippen LogP contribution in [0.15, 0.2) is 36.5 Å². The monoisotopic (exact) mass is 256 g/mol. The predicted molar refractivity (Wildman–Crippen MR) is 74.2 cm³/mol. The number of rotatable bonds is 2. The lowest BCUT2D eigenvalue weighted by Crippen LogP contribution is -2.23. The molecule has 0 amide bonds. The fraction of sp³-hybridized carbons (Fsp3) is 0.333. The summed E-state index contributed by atoms with van der Waals surface area (Å²) in [6, 6.07) is 10.1. The Morgan fingerprint density at radius 3 is 2.84 bits per heavy atom. The van der Waals surface area contributed by atoms with Gasteiger partial charge in [0.1, 0.15) is 5.82 Å². The summed E-state index contributed by atoms with van der Waals surface area (Å²) in [5.41, 5.74) is 0. The molecule has 2 aromatic rings. The van der Waals surface area contributed by atoms with Crippen LogP contribution in [0.2, 0.25) is 0 Å². The number of carboxylic acid groups (broad SMARTS) is 1. The van der Waals surface area contributed by atoms with E-state index in [1.165, 1.54) is 0 Å². The fourth-order valence-corrected chi connectivity index (χ4v) is 2.82. The van der Waals surface area contributed by atoms with Gasteiger partial charge >= 0.3 is 5.97 Å². The van der Waals surface area contributed by atoms with Gasteiger partial charge in [0.15, 0.2) is 0 Å². The Bertz CT molecular complexity index is 621. The average Bonchev–Trinajstić information content (AvgIpc) is 2.80. The molecule has 4 heteroatoms. The molecule has 0 bridgehead atoms. The van der Waals surface area contributed by atoms with Crippen molar-refractivity contribution in [2.24, 2.45) is 11.8 Å². The third-order valence-corrected chi connectivity index (χ3v) is 3.88. The maximum atomic E-state index is 11.2. The number of fused-ring (bicyclic) bond motifs is 1. The third kappa shape index (κ3) is 2.03. The Kier molecular flexibility index (Phi) is 2.85. The molecule has 98 valence electrons. The Morgan fingerprint density at radius 1 is 1.32 bits per heavy atom. The Hall–Kier alpha value is -2.10. The van der Waals surface area contributed by atoms with Crippen LogP contribution < -0.4 is 4.90 Å². The molecule has 1 fully saturated rings. The fourth-order valence-electron chi connectivity index (χ4n) is 2.82. The highest BCUT2D eigenvalue weighted by molar-refractivity contribution is 5.92. The molecule has 1 aliphatic heterocycles. The van der Waals surface area contributed by atoms with Crippen LogP contribution in [0.4, 0.5) is 5.82 Å².